The van der Waals surface area contributed by atoms with Gasteiger partial charge in [0, 0.05) is 19.2 Å². The van der Waals surface area contributed by atoms with Gasteiger partial charge in [0.2, 0.25) is 0 Å². The van der Waals surface area contributed by atoms with E-state index >= 15 is 0 Å². The fourth-order valence-electron chi connectivity index (χ4n) is 3.50. The molecule has 3 atom stereocenters. The molecule has 3 heteroatoms. The molecule has 2 fully saturated rings. The van der Waals surface area contributed by atoms with Crippen molar-refractivity contribution in [2.45, 2.75) is 63.1 Å². The maximum Gasteiger partial charge on any atom is 0.0726 e. The third kappa shape index (κ3) is 3.43. The lowest BCUT2D eigenvalue weighted by Gasteiger charge is -2.41. The highest BCUT2D eigenvalue weighted by atomic mass is 16.5. The molecule has 1 N–H and O–H groups in total. The summed E-state index contributed by atoms with van der Waals surface area (Å²) in [5.74, 6) is 0. The first-order valence-corrected chi connectivity index (χ1v) is 7.28. The van der Waals surface area contributed by atoms with Gasteiger partial charge in [-0.15, -0.1) is 0 Å². The predicted molar refractivity (Wildman–Crippen MR) is 71.3 cm³/mol. The van der Waals surface area contributed by atoms with Crippen LogP contribution >= 0.6 is 0 Å². The van der Waals surface area contributed by atoms with Crippen molar-refractivity contribution in [3.8, 4) is 0 Å². The van der Waals surface area contributed by atoms with Gasteiger partial charge < -0.3 is 10.1 Å². The summed E-state index contributed by atoms with van der Waals surface area (Å²) in [6.07, 6.45) is 9.70. The zero-order chi connectivity index (χ0) is 12.1. The SMILES string of the molecule is COC1CCCCC1N(C)C1CCCNCC1. The molecule has 1 heterocycles. The van der Waals surface area contributed by atoms with Crippen LogP contribution in [-0.4, -0.2) is 50.3 Å². The minimum absolute atomic E-state index is 0.463. The molecule has 1 saturated carbocycles. The highest BCUT2D eigenvalue weighted by Crippen LogP contribution is 2.27. The molecule has 100 valence electrons. The number of hydrogen-bond donors (Lipinski definition) is 1. The Balaban J connectivity index is 1.93. The van der Waals surface area contributed by atoms with E-state index in [1.807, 2.05) is 7.11 Å². The lowest BCUT2D eigenvalue weighted by Crippen LogP contribution is -2.49. The molecule has 3 nitrogen and oxygen atoms in total. The Kier molecular flexibility index (Phi) is 5.26. The quantitative estimate of drug-likeness (QED) is 0.817. The molecule has 2 aliphatic rings. The van der Waals surface area contributed by atoms with Gasteiger partial charge in [0.25, 0.3) is 0 Å². The molecule has 1 aliphatic carbocycles. The van der Waals surface area contributed by atoms with Crippen LogP contribution in [-0.2, 0) is 4.74 Å². The van der Waals surface area contributed by atoms with E-state index in [4.69, 9.17) is 4.74 Å². The molecular weight excluding hydrogens is 212 g/mol. The molecule has 0 amide bonds. The Morgan fingerprint density at radius 2 is 1.82 bits per heavy atom. The van der Waals surface area contributed by atoms with Crippen LogP contribution in [0.1, 0.15) is 44.9 Å². The van der Waals surface area contributed by atoms with Gasteiger partial charge in [0.05, 0.1) is 6.10 Å². The minimum Gasteiger partial charge on any atom is -0.380 e. The van der Waals surface area contributed by atoms with Crippen LogP contribution < -0.4 is 5.32 Å². The largest absolute Gasteiger partial charge is 0.380 e. The summed E-state index contributed by atoms with van der Waals surface area (Å²) >= 11 is 0. The summed E-state index contributed by atoms with van der Waals surface area (Å²) in [5.41, 5.74) is 0. The maximum absolute atomic E-state index is 5.69. The van der Waals surface area contributed by atoms with Gasteiger partial charge in [-0.25, -0.2) is 0 Å². The number of rotatable bonds is 3. The molecule has 0 aromatic carbocycles. The van der Waals surface area contributed by atoms with Crippen molar-refractivity contribution < 1.29 is 4.74 Å². The van der Waals surface area contributed by atoms with Crippen LogP contribution in [0.15, 0.2) is 0 Å². The zero-order valence-electron chi connectivity index (χ0n) is 11.5. The molecule has 0 aromatic rings. The molecule has 0 aromatic heterocycles. The van der Waals surface area contributed by atoms with Crippen molar-refractivity contribution >= 4 is 0 Å². The fraction of sp³-hybridized carbons (Fsp3) is 1.00. The van der Waals surface area contributed by atoms with Gasteiger partial charge in [0.15, 0.2) is 0 Å². The number of likely N-dealkylation sites (N-methyl/N-ethyl adjacent to an activating group) is 1. The molecule has 17 heavy (non-hydrogen) atoms. The van der Waals surface area contributed by atoms with Crippen molar-refractivity contribution in [3.05, 3.63) is 0 Å². The number of methoxy groups -OCH3 is 1. The maximum atomic E-state index is 5.69. The molecule has 3 unspecified atom stereocenters. The standard InChI is InChI=1S/C14H28N2O/c1-16(12-6-5-10-15-11-9-12)13-7-3-4-8-14(13)17-2/h12-15H,3-11H2,1-2H3. The van der Waals surface area contributed by atoms with E-state index in [1.165, 1.54) is 58.0 Å². The summed E-state index contributed by atoms with van der Waals surface area (Å²) in [7, 11) is 4.20. The molecular formula is C14H28N2O. The average Bonchev–Trinajstić information content (AvgIpc) is 2.66. The molecule has 2 rings (SSSR count). The van der Waals surface area contributed by atoms with E-state index in [0.717, 1.165) is 6.04 Å². The van der Waals surface area contributed by atoms with Crippen LogP contribution in [0.25, 0.3) is 0 Å². The number of nitrogens with zero attached hydrogens (tertiary/aromatic N) is 1. The summed E-state index contributed by atoms with van der Waals surface area (Å²) in [6.45, 7) is 2.38. The summed E-state index contributed by atoms with van der Waals surface area (Å²) in [5, 5.41) is 3.50. The summed E-state index contributed by atoms with van der Waals surface area (Å²) in [6, 6.07) is 1.41. The second-order valence-corrected chi connectivity index (χ2v) is 5.63. The van der Waals surface area contributed by atoms with E-state index in [-0.39, 0.29) is 0 Å². The molecule has 1 saturated heterocycles. The van der Waals surface area contributed by atoms with E-state index < -0.39 is 0 Å². The smallest absolute Gasteiger partial charge is 0.0726 e. The Hall–Kier alpha value is -0.120. The highest BCUT2D eigenvalue weighted by molar-refractivity contribution is 4.87. The molecule has 0 bridgehead atoms. The highest BCUT2D eigenvalue weighted by Gasteiger charge is 2.31. The molecule has 0 spiro atoms. The number of ether oxygens (including phenoxy) is 1. The van der Waals surface area contributed by atoms with Crippen molar-refractivity contribution in [2.24, 2.45) is 0 Å². The third-order valence-corrected chi connectivity index (χ3v) is 4.61. The van der Waals surface area contributed by atoms with Gasteiger partial charge in [-0.2, -0.15) is 0 Å². The van der Waals surface area contributed by atoms with Crippen LogP contribution in [0.3, 0.4) is 0 Å². The minimum atomic E-state index is 0.463. The normalized spacial score (nSPS) is 35.8. The van der Waals surface area contributed by atoms with Crippen molar-refractivity contribution in [1.82, 2.24) is 10.2 Å². The fourth-order valence-corrected chi connectivity index (χ4v) is 3.50. The first-order chi connectivity index (χ1) is 8.33. The summed E-state index contributed by atoms with van der Waals surface area (Å²) < 4.78 is 5.69. The van der Waals surface area contributed by atoms with Crippen LogP contribution in [0.2, 0.25) is 0 Å². The summed E-state index contributed by atoms with van der Waals surface area (Å²) in [4.78, 5) is 2.63. The van der Waals surface area contributed by atoms with Crippen molar-refractivity contribution in [3.63, 3.8) is 0 Å². The van der Waals surface area contributed by atoms with Gasteiger partial charge in [-0.1, -0.05) is 12.8 Å². The van der Waals surface area contributed by atoms with Crippen molar-refractivity contribution in [2.75, 3.05) is 27.2 Å². The number of nitrogens with one attached hydrogen (secondary N) is 1. The van der Waals surface area contributed by atoms with Gasteiger partial charge >= 0.3 is 0 Å². The lowest BCUT2D eigenvalue weighted by atomic mass is 9.90. The van der Waals surface area contributed by atoms with Crippen molar-refractivity contribution in [1.29, 1.82) is 0 Å². The van der Waals surface area contributed by atoms with Crippen LogP contribution in [0, 0.1) is 0 Å². The topological polar surface area (TPSA) is 24.5 Å². The van der Waals surface area contributed by atoms with E-state index in [1.54, 1.807) is 0 Å². The first-order valence-electron chi connectivity index (χ1n) is 7.28. The van der Waals surface area contributed by atoms with E-state index in [9.17, 15) is 0 Å². The van der Waals surface area contributed by atoms with Gasteiger partial charge in [-0.3, -0.25) is 4.90 Å². The predicted octanol–water partition coefficient (Wildman–Crippen LogP) is 2.02. The third-order valence-electron chi connectivity index (χ3n) is 4.61. The molecule has 0 radical (unpaired) electrons. The van der Waals surface area contributed by atoms with E-state index in [0.29, 0.717) is 12.1 Å². The Morgan fingerprint density at radius 3 is 2.65 bits per heavy atom. The monoisotopic (exact) mass is 240 g/mol. The second-order valence-electron chi connectivity index (χ2n) is 5.63. The number of hydrogen-bond acceptors (Lipinski definition) is 3. The Morgan fingerprint density at radius 1 is 1.00 bits per heavy atom. The Bertz CT molecular complexity index is 214. The zero-order valence-corrected chi connectivity index (χ0v) is 11.5. The molecule has 1 aliphatic heterocycles. The second kappa shape index (κ2) is 6.72. The van der Waals surface area contributed by atoms with Gasteiger partial charge in [0.1, 0.15) is 0 Å². The lowest BCUT2D eigenvalue weighted by molar-refractivity contribution is -0.0179. The van der Waals surface area contributed by atoms with Crippen LogP contribution in [0.4, 0.5) is 0 Å². The van der Waals surface area contributed by atoms with Crippen LogP contribution in [0.5, 0.6) is 0 Å². The van der Waals surface area contributed by atoms with E-state index in [2.05, 4.69) is 17.3 Å². The Labute approximate surface area is 106 Å². The average molecular weight is 240 g/mol. The first kappa shape index (κ1) is 13.3. The van der Waals surface area contributed by atoms with Gasteiger partial charge in [-0.05, 0) is 52.2 Å².